The average molecular weight is 156 g/mol. The van der Waals surface area contributed by atoms with Gasteiger partial charge >= 0.3 is 5.97 Å². The van der Waals surface area contributed by atoms with Gasteiger partial charge in [-0.25, -0.2) is 0 Å². The van der Waals surface area contributed by atoms with Crippen LogP contribution in [0.2, 0.25) is 0 Å². The van der Waals surface area contributed by atoms with E-state index in [0.717, 1.165) is 6.42 Å². The molecule has 0 aliphatic heterocycles. The third-order valence-electron chi connectivity index (χ3n) is 1.86. The number of esters is 1. The minimum atomic E-state index is -0.240. The summed E-state index contributed by atoms with van der Waals surface area (Å²) in [6, 6.07) is 0. The molecule has 1 fully saturated rings. The third-order valence-corrected chi connectivity index (χ3v) is 1.86. The van der Waals surface area contributed by atoms with Crippen LogP contribution in [-0.2, 0) is 14.3 Å². The SMILES string of the molecule is CC(=O)OCCC1CC(=O)C1. The quantitative estimate of drug-likeness (QED) is 0.570. The van der Waals surface area contributed by atoms with Crippen molar-refractivity contribution in [3.63, 3.8) is 0 Å². The highest BCUT2D eigenvalue weighted by molar-refractivity contribution is 5.84. The van der Waals surface area contributed by atoms with Crippen molar-refractivity contribution in [2.75, 3.05) is 6.61 Å². The Balaban J connectivity index is 1.96. The van der Waals surface area contributed by atoms with Crippen molar-refractivity contribution in [2.24, 2.45) is 5.92 Å². The van der Waals surface area contributed by atoms with Crippen molar-refractivity contribution in [3.05, 3.63) is 0 Å². The van der Waals surface area contributed by atoms with Crippen LogP contribution in [0.15, 0.2) is 0 Å². The Morgan fingerprint density at radius 2 is 2.27 bits per heavy atom. The van der Waals surface area contributed by atoms with E-state index >= 15 is 0 Å². The number of Topliss-reactive ketones (excluding diaryl/α,β-unsaturated/α-hetero) is 1. The number of carbonyl (C=O) groups is 2. The zero-order valence-corrected chi connectivity index (χ0v) is 6.63. The summed E-state index contributed by atoms with van der Waals surface area (Å²) in [5.41, 5.74) is 0. The second-order valence-corrected chi connectivity index (χ2v) is 2.94. The Morgan fingerprint density at radius 1 is 1.64 bits per heavy atom. The predicted molar refractivity (Wildman–Crippen MR) is 39.0 cm³/mol. The molecule has 1 aliphatic rings. The van der Waals surface area contributed by atoms with Crippen molar-refractivity contribution < 1.29 is 14.3 Å². The summed E-state index contributed by atoms with van der Waals surface area (Å²) in [6.45, 7) is 1.86. The summed E-state index contributed by atoms with van der Waals surface area (Å²) in [4.78, 5) is 20.8. The average Bonchev–Trinajstić information content (AvgIpc) is 1.83. The van der Waals surface area contributed by atoms with Gasteiger partial charge in [0.2, 0.25) is 0 Å². The summed E-state index contributed by atoms with van der Waals surface area (Å²) in [6.07, 6.45) is 2.20. The van der Waals surface area contributed by atoms with Gasteiger partial charge in [-0.15, -0.1) is 0 Å². The lowest BCUT2D eigenvalue weighted by molar-refractivity contribution is -0.141. The molecule has 0 aromatic carbocycles. The van der Waals surface area contributed by atoms with E-state index in [1.165, 1.54) is 6.92 Å². The number of ether oxygens (including phenoxy) is 1. The highest BCUT2D eigenvalue weighted by atomic mass is 16.5. The van der Waals surface area contributed by atoms with E-state index in [9.17, 15) is 9.59 Å². The van der Waals surface area contributed by atoms with Crippen LogP contribution in [0.5, 0.6) is 0 Å². The fourth-order valence-electron chi connectivity index (χ4n) is 1.16. The largest absolute Gasteiger partial charge is 0.466 e. The first kappa shape index (κ1) is 8.24. The predicted octanol–water partition coefficient (Wildman–Crippen LogP) is 0.919. The fraction of sp³-hybridized carbons (Fsp3) is 0.750. The van der Waals surface area contributed by atoms with Crippen molar-refractivity contribution >= 4 is 11.8 Å². The zero-order valence-electron chi connectivity index (χ0n) is 6.63. The first-order valence-corrected chi connectivity index (χ1v) is 3.83. The molecule has 0 atom stereocenters. The van der Waals surface area contributed by atoms with Crippen LogP contribution in [0.25, 0.3) is 0 Å². The highest BCUT2D eigenvalue weighted by Crippen LogP contribution is 2.25. The summed E-state index contributed by atoms with van der Waals surface area (Å²) in [5.74, 6) is 0.565. The van der Waals surface area contributed by atoms with Gasteiger partial charge in [0.05, 0.1) is 6.61 Å². The summed E-state index contributed by atoms with van der Waals surface area (Å²) < 4.78 is 4.73. The van der Waals surface area contributed by atoms with Crippen molar-refractivity contribution in [2.45, 2.75) is 26.2 Å². The molecular weight excluding hydrogens is 144 g/mol. The molecule has 0 spiro atoms. The lowest BCUT2D eigenvalue weighted by Gasteiger charge is -2.23. The number of rotatable bonds is 3. The minimum Gasteiger partial charge on any atom is -0.466 e. The van der Waals surface area contributed by atoms with Gasteiger partial charge in [-0.2, -0.15) is 0 Å². The lowest BCUT2D eigenvalue weighted by Crippen LogP contribution is -2.24. The molecule has 0 bridgehead atoms. The Bertz CT molecular complexity index is 166. The number of ketones is 1. The Labute approximate surface area is 65.7 Å². The maximum absolute atomic E-state index is 10.5. The van der Waals surface area contributed by atoms with Crippen LogP contribution in [-0.4, -0.2) is 18.4 Å². The zero-order chi connectivity index (χ0) is 8.27. The molecular formula is C8H12O3. The molecule has 0 saturated heterocycles. The first-order chi connectivity index (χ1) is 5.18. The Hall–Kier alpha value is -0.860. The topological polar surface area (TPSA) is 43.4 Å². The Kier molecular flexibility index (Phi) is 2.63. The first-order valence-electron chi connectivity index (χ1n) is 3.83. The van der Waals surface area contributed by atoms with E-state index in [4.69, 9.17) is 4.74 Å². The summed E-state index contributed by atoms with van der Waals surface area (Å²) >= 11 is 0. The van der Waals surface area contributed by atoms with E-state index in [-0.39, 0.29) is 5.97 Å². The smallest absolute Gasteiger partial charge is 0.302 e. The lowest BCUT2D eigenvalue weighted by atomic mass is 9.82. The van der Waals surface area contributed by atoms with E-state index in [1.54, 1.807) is 0 Å². The van der Waals surface area contributed by atoms with E-state index < -0.39 is 0 Å². The molecule has 3 nitrogen and oxygen atoms in total. The van der Waals surface area contributed by atoms with Crippen LogP contribution in [0.4, 0.5) is 0 Å². The van der Waals surface area contributed by atoms with Gasteiger partial charge in [-0.3, -0.25) is 9.59 Å². The normalized spacial score (nSPS) is 17.7. The molecule has 1 aliphatic carbocycles. The van der Waals surface area contributed by atoms with Crippen LogP contribution >= 0.6 is 0 Å². The van der Waals surface area contributed by atoms with Gasteiger partial charge in [0, 0.05) is 19.8 Å². The molecule has 3 heteroatoms. The van der Waals surface area contributed by atoms with Gasteiger partial charge in [-0.05, 0) is 12.3 Å². The highest BCUT2D eigenvalue weighted by Gasteiger charge is 2.25. The van der Waals surface area contributed by atoms with Crippen LogP contribution in [0.1, 0.15) is 26.2 Å². The Morgan fingerprint density at radius 3 is 2.73 bits per heavy atom. The molecule has 62 valence electrons. The molecule has 11 heavy (non-hydrogen) atoms. The summed E-state index contributed by atoms with van der Waals surface area (Å²) in [5, 5.41) is 0. The second-order valence-electron chi connectivity index (χ2n) is 2.94. The van der Waals surface area contributed by atoms with Crippen molar-refractivity contribution in [1.82, 2.24) is 0 Å². The number of hydrogen-bond donors (Lipinski definition) is 0. The molecule has 0 unspecified atom stereocenters. The molecule has 0 radical (unpaired) electrons. The monoisotopic (exact) mass is 156 g/mol. The molecule has 0 aromatic rings. The van der Waals surface area contributed by atoms with Gasteiger partial charge in [0.1, 0.15) is 5.78 Å². The maximum atomic E-state index is 10.5. The molecule has 0 amide bonds. The number of hydrogen-bond acceptors (Lipinski definition) is 3. The standard InChI is InChI=1S/C8H12O3/c1-6(9)11-3-2-7-4-8(10)5-7/h7H,2-5H2,1H3. The van der Waals surface area contributed by atoms with E-state index in [1.807, 2.05) is 0 Å². The van der Waals surface area contributed by atoms with Gasteiger partial charge in [0.15, 0.2) is 0 Å². The summed E-state index contributed by atoms with van der Waals surface area (Å²) in [7, 11) is 0. The van der Waals surface area contributed by atoms with Crippen molar-refractivity contribution in [3.8, 4) is 0 Å². The van der Waals surface area contributed by atoms with Gasteiger partial charge in [0.25, 0.3) is 0 Å². The fourth-order valence-corrected chi connectivity index (χ4v) is 1.16. The minimum absolute atomic E-state index is 0.240. The molecule has 1 saturated carbocycles. The van der Waals surface area contributed by atoms with Crippen LogP contribution < -0.4 is 0 Å². The maximum Gasteiger partial charge on any atom is 0.302 e. The molecule has 0 heterocycles. The molecule has 1 rings (SSSR count). The second kappa shape index (κ2) is 3.51. The number of carbonyl (C=O) groups excluding carboxylic acids is 2. The van der Waals surface area contributed by atoms with E-state index in [0.29, 0.717) is 31.1 Å². The van der Waals surface area contributed by atoms with Crippen molar-refractivity contribution in [1.29, 1.82) is 0 Å². The van der Waals surface area contributed by atoms with Crippen LogP contribution in [0, 0.1) is 5.92 Å². The van der Waals surface area contributed by atoms with Gasteiger partial charge < -0.3 is 4.74 Å². The van der Waals surface area contributed by atoms with E-state index in [2.05, 4.69) is 0 Å². The van der Waals surface area contributed by atoms with Crippen LogP contribution in [0.3, 0.4) is 0 Å². The molecule has 0 N–H and O–H groups in total. The third kappa shape index (κ3) is 2.70. The molecule has 0 aromatic heterocycles. The van der Waals surface area contributed by atoms with Gasteiger partial charge in [-0.1, -0.05) is 0 Å².